The summed E-state index contributed by atoms with van der Waals surface area (Å²) < 4.78 is 0. The minimum Gasteiger partial charge on any atom is -0.242 e. The Hall–Kier alpha value is -2.96. The third-order valence-electron chi connectivity index (χ3n) is 7.44. The van der Waals surface area contributed by atoms with Gasteiger partial charge in [0.05, 0.1) is 11.5 Å². The molecule has 1 atom stereocenters. The van der Waals surface area contributed by atoms with Gasteiger partial charge in [0.15, 0.2) is 0 Å². The van der Waals surface area contributed by atoms with Crippen molar-refractivity contribution in [1.82, 2.24) is 4.98 Å². The van der Waals surface area contributed by atoms with Gasteiger partial charge in [-0.25, -0.2) is 4.98 Å². The Bertz CT molecular complexity index is 1360. The van der Waals surface area contributed by atoms with Gasteiger partial charge in [0, 0.05) is 16.0 Å². The van der Waals surface area contributed by atoms with Gasteiger partial charge < -0.3 is 0 Å². The van der Waals surface area contributed by atoms with Crippen LogP contribution in [-0.2, 0) is 31.1 Å². The Balaban J connectivity index is 1.64. The molecule has 2 aromatic carbocycles. The van der Waals surface area contributed by atoms with E-state index in [1.165, 1.54) is 67.9 Å². The highest BCUT2D eigenvalue weighted by Crippen LogP contribution is 2.47. The van der Waals surface area contributed by atoms with E-state index in [0.717, 1.165) is 31.2 Å². The second-order valence-electron chi connectivity index (χ2n) is 9.41. The molecule has 158 valence electrons. The average Bonchev–Trinajstić information content (AvgIpc) is 3.21. The molecule has 2 aromatic heterocycles. The molecule has 0 aliphatic heterocycles. The highest BCUT2D eigenvalue weighted by atomic mass is 32.1. The first kappa shape index (κ1) is 19.7. The highest BCUT2D eigenvalue weighted by molar-refractivity contribution is 7.19. The summed E-state index contributed by atoms with van der Waals surface area (Å²) in [4.78, 5) is 7.96. The van der Waals surface area contributed by atoms with Crippen LogP contribution in [0, 0.1) is 18.3 Å². The fourth-order valence-electron chi connectivity index (χ4n) is 5.69. The SMILES string of the molecule is Cc1ccc(-c2c3c(nc4sc5c(c24)CCCC5)CC[C@](C#N)(c2ccccc2)C3)cc1. The van der Waals surface area contributed by atoms with Crippen LogP contribution in [0.1, 0.15) is 52.1 Å². The van der Waals surface area contributed by atoms with E-state index in [-0.39, 0.29) is 0 Å². The molecular formula is C29H26N2S. The molecule has 4 aromatic rings. The zero-order chi connectivity index (χ0) is 21.7. The van der Waals surface area contributed by atoms with Crippen molar-refractivity contribution in [3.8, 4) is 17.2 Å². The Labute approximate surface area is 193 Å². The molecule has 2 aliphatic carbocycles. The molecule has 0 amide bonds. The lowest BCUT2D eigenvalue weighted by molar-refractivity contribution is 0.468. The molecule has 32 heavy (non-hydrogen) atoms. The van der Waals surface area contributed by atoms with Crippen LogP contribution in [0.2, 0.25) is 0 Å². The van der Waals surface area contributed by atoms with Crippen molar-refractivity contribution in [2.45, 2.75) is 57.3 Å². The van der Waals surface area contributed by atoms with Crippen molar-refractivity contribution >= 4 is 21.6 Å². The zero-order valence-corrected chi connectivity index (χ0v) is 19.3. The molecule has 0 unspecified atom stereocenters. The van der Waals surface area contributed by atoms with Gasteiger partial charge in [0.2, 0.25) is 0 Å². The van der Waals surface area contributed by atoms with Gasteiger partial charge >= 0.3 is 0 Å². The molecule has 2 aliphatic rings. The largest absolute Gasteiger partial charge is 0.242 e. The van der Waals surface area contributed by atoms with Gasteiger partial charge in [-0.1, -0.05) is 60.2 Å². The van der Waals surface area contributed by atoms with Crippen molar-refractivity contribution in [3.63, 3.8) is 0 Å². The maximum absolute atomic E-state index is 10.4. The number of benzene rings is 2. The Morgan fingerprint density at radius 3 is 2.50 bits per heavy atom. The molecule has 0 radical (unpaired) electrons. The third-order valence-corrected chi connectivity index (χ3v) is 8.62. The summed E-state index contributed by atoms with van der Waals surface area (Å²) in [5.41, 5.74) is 8.56. The van der Waals surface area contributed by atoms with Crippen LogP contribution in [0.25, 0.3) is 21.3 Å². The van der Waals surface area contributed by atoms with Crippen LogP contribution in [0.15, 0.2) is 54.6 Å². The number of aromatic nitrogens is 1. The number of hydrogen-bond donors (Lipinski definition) is 0. The first-order valence-corrected chi connectivity index (χ1v) is 12.5. The lowest BCUT2D eigenvalue weighted by Gasteiger charge is -2.34. The minimum atomic E-state index is -0.487. The number of pyridine rings is 1. The molecule has 0 saturated heterocycles. The van der Waals surface area contributed by atoms with Gasteiger partial charge in [0.25, 0.3) is 0 Å². The third kappa shape index (κ3) is 3.01. The van der Waals surface area contributed by atoms with Crippen LogP contribution in [0.5, 0.6) is 0 Å². The van der Waals surface area contributed by atoms with E-state index in [9.17, 15) is 5.26 Å². The van der Waals surface area contributed by atoms with Crippen molar-refractivity contribution in [1.29, 1.82) is 5.26 Å². The Kier molecular flexibility index (Phi) is 4.66. The number of rotatable bonds is 2. The van der Waals surface area contributed by atoms with E-state index in [0.29, 0.717) is 0 Å². The highest BCUT2D eigenvalue weighted by Gasteiger charge is 2.39. The summed E-state index contributed by atoms with van der Waals surface area (Å²) in [5.74, 6) is 0. The molecule has 3 heteroatoms. The van der Waals surface area contributed by atoms with E-state index < -0.39 is 5.41 Å². The van der Waals surface area contributed by atoms with E-state index in [1.54, 1.807) is 0 Å². The Morgan fingerprint density at radius 2 is 1.72 bits per heavy atom. The molecule has 2 nitrogen and oxygen atoms in total. The van der Waals surface area contributed by atoms with Gasteiger partial charge in [0.1, 0.15) is 4.83 Å². The summed E-state index contributed by atoms with van der Waals surface area (Å²) in [5, 5.41) is 11.8. The minimum absolute atomic E-state index is 0.487. The monoisotopic (exact) mass is 434 g/mol. The maximum Gasteiger partial charge on any atom is 0.124 e. The van der Waals surface area contributed by atoms with Crippen LogP contribution in [0.3, 0.4) is 0 Å². The summed E-state index contributed by atoms with van der Waals surface area (Å²) in [7, 11) is 0. The van der Waals surface area contributed by atoms with Crippen molar-refractivity contribution in [2.24, 2.45) is 0 Å². The quantitative estimate of drug-likeness (QED) is 0.337. The summed E-state index contributed by atoms with van der Waals surface area (Å²) >= 11 is 1.91. The van der Waals surface area contributed by atoms with E-state index in [4.69, 9.17) is 4.98 Å². The number of nitrogens with zero attached hydrogens (tertiary/aromatic N) is 2. The molecule has 0 bridgehead atoms. The fourth-order valence-corrected chi connectivity index (χ4v) is 6.99. The van der Waals surface area contributed by atoms with Gasteiger partial charge in [-0.3, -0.25) is 0 Å². The number of nitriles is 1. The van der Waals surface area contributed by atoms with Crippen LogP contribution in [0.4, 0.5) is 0 Å². The fraction of sp³-hybridized carbons (Fsp3) is 0.310. The first-order chi connectivity index (χ1) is 15.7. The van der Waals surface area contributed by atoms with Gasteiger partial charge in [-0.2, -0.15) is 5.26 Å². The zero-order valence-electron chi connectivity index (χ0n) is 18.4. The number of fused-ring (bicyclic) bond motifs is 4. The van der Waals surface area contributed by atoms with Crippen molar-refractivity contribution in [3.05, 3.63) is 87.4 Å². The number of hydrogen-bond acceptors (Lipinski definition) is 3. The molecule has 0 spiro atoms. The number of aryl methyl sites for hydroxylation is 4. The van der Waals surface area contributed by atoms with Crippen LogP contribution in [-0.4, -0.2) is 4.98 Å². The number of thiophene rings is 1. The summed E-state index contributed by atoms with van der Waals surface area (Å²) in [6.45, 7) is 2.14. The standard InChI is InChI=1S/C29H26N2S/c1-19-11-13-20(14-12-19)26-23-17-29(18-30,21-7-3-2-4-8-21)16-15-24(23)31-28-27(26)22-9-5-6-10-25(22)32-28/h2-4,7-8,11-14H,5-6,9-10,15-17H2,1H3/t29-/m0/s1. The molecule has 0 fully saturated rings. The van der Waals surface area contributed by atoms with Crippen LogP contribution < -0.4 is 0 Å². The second-order valence-corrected chi connectivity index (χ2v) is 10.5. The molecule has 2 heterocycles. The smallest absolute Gasteiger partial charge is 0.124 e. The lowest BCUT2D eigenvalue weighted by atomic mass is 9.68. The molecule has 0 N–H and O–H groups in total. The summed E-state index contributed by atoms with van der Waals surface area (Å²) in [6.07, 6.45) is 7.30. The van der Waals surface area contributed by atoms with E-state index >= 15 is 0 Å². The molecule has 0 saturated carbocycles. The Morgan fingerprint density at radius 1 is 0.938 bits per heavy atom. The first-order valence-electron chi connectivity index (χ1n) is 11.7. The second kappa shape index (κ2) is 7.57. The van der Waals surface area contributed by atoms with Gasteiger partial charge in [-0.05, 0) is 79.7 Å². The maximum atomic E-state index is 10.4. The topological polar surface area (TPSA) is 36.7 Å². The van der Waals surface area contributed by atoms with E-state index in [1.807, 2.05) is 17.4 Å². The molecule has 6 rings (SSSR count). The lowest BCUT2D eigenvalue weighted by Crippen LogP contribution is -2.32. The normalized spacial score (nSPS) is 19.9. The summed E-state index contributed by atoms with van der Waals surface area (Å²) in [6, 6.07) is 22.1. The van der Waals surface area contributed by atoms with Crippen LogP contribution >= 0.6 is 11.3 Å². The predicted molar refractivity (Wildman–Crippen MR) is 132 cm³/mol. The van der Waals surface area contributed by atoms with E-state index in [2.05, 4.69) is 61.5 Å². The van der Waals surface area contributed by atoms with Crippen molar-refractivity contribution < 1.29 is 0 Å². The van der Waals surface area contributed by atoms with Crippen molar-refractivity contribution in [2.75, 3.05) is 0 Å². The predicted octanol–water partition coefficient (Wildman–Crippen LogP) is 7.10. The molecular weight excluding hydrogens is 408 g/mol. The average molecular weight is 435 g/mol. The van der Waals surface area contributed by atoms with Gasteiger partial charge in [-0.15, -0.1) is 11.3 Å².